The third-order valence-corrected chi connectivity index (χ3v) is 4.71. The zero-order valence-corrected chi connectivity index (χ0v) is 14.2. The number of nitro benzene ring substituents is 1. The Morgan fingerprint density at radius 1 is 1.15 bits per heavy atom. The van der Waals surface area contributed by atoms with E-state index in [1.165, 1.54) is 36.4 Å². The van der Waals surface area contributed by atoms with Crippen molar-refractivity contribution in [2.24, 2.45) is 15.4 Å². The van der Waals surface area contributed by atoms with Gasteiger partial charge in [0.2, 0.25) is 15.9 Å². The highest BCUT2D eigenvalue weighted by molar-refractivity contribution is 7.89. The molecule has 0 aliphatic heterocycles. The highest BCUT2D eigenvalue weighted by Crippen LogP contribution is 2.40. The molecule has 0 saturated heterocycles. The van der Waals surface area contributed by atoms with Crippen molar-refractivity contribution in [3.8, 4) is 5.88 Å². The minimum absolute atomic E-state index is 0.0525. The van der Waals surface area contributed by atoms with E-state index in [0.29, 0.717) is 22.2 Å². The molecule has 1 heterocycles. The Hall–Kier alpha value is -3.31. The Balaban J connectivity index is 2.05. The van der Waals surface area contributed by atoms with Gasteiger partial charge in [-0.25, -0.2) is 13.6 Å². The van der Waals surface area contributed by atoms with Crippen LogP contribution in [-0.2, 0) is 10.0 Å². The highest BCUT2D eigenvalue weighted by atomic mass is 32.2. The Labute approximate surface area is 147 Å². The molecule has 0 radical (unpaired) electrons. The fourth-order valence-electron chi connectivity index (χ4n) is 2.52. The number of aromatic nitrogens is 1. The first kappa shape index (κ1) is 17.5. The van der Waals surface area contributed by atoms with Crippen LogP contribution in [0.3, 0.4) is 0 Å². The lowest BCUT2D eigenvalue weighted by Gasteiger charge is -2.00. The van der Waals surface area contributed by atoms with E-state index in [2.05, 4.69) is 15.2 Å². The molecule has 10 nitrogen and oxygen atoms in total. The summed E-state index contributed by atoms with van der Waals surface area (Å²) in [7, 11) is -3.81. The normalized spacial score (nSPS) is 12.1. The number of nitrogens with two attached hydrogens (primary N) is 1. The second-order valence-corrected chi connectivity index (χ2v) is 7.01. The lowest BCUT2D eigenvalue weighted by molar-refractivity contribution is -0.385. The van der Waals surface area contributed by atoms with Crippen LogP contribution in [0.15, 0.2) is 51.5 Å². The van der Waals surface area contributed by atoms with Gasteiger partial charge in [0.15, 0.2) is 5.69 Å². The largest absolute Gasteiger partial charge is 0.493 e. The van der Waals surface area contributed by atoms with Crippen LogP contribution in [0.5, 0.6) is 5.88 Å². The standard InChI is InChI=1S/C15H13N5O5S/c1-8-12(20(22)23)7-6-11-13(8)14(15(21)17-11)19-18-9-2-4-10(5-3-9)26(16,24)25/h2-7,17,21H,1H3,(H2,16,24,25). The summed E-state index contributed by atoms with van der Waals surface area (Å²) in [5.41, 5.74) is 1.07. The van der Waals surface area contributed by atoms with Gasteiger partial charge in [0.25, 0.3) is 5.69 Å². The number of rotatable bonds is 4. The average Bonchev–Trinajstić information content (AvgIpc) is 2.88. The van der Waals surface area contributed by atoms with Gasteiger partial charge in [-0.05, 0) is 37.3 Å². The van der Waals surface area contributed by atoms with Crippen LogP contribution < -0.4 is 5.14 Å². The number of primary sulfonamides is 1. The molecule has 0 bridgehead atoms. The molecule has 3 rings (SSSR count). The van der Waals surface area contributed by atoms with Gasteiger partial charge in [-0.3, -0.25) is 10.1 Å². The molecule has 1 aromatic heterocycles. The first-order valence-corrected chi connectivity index (χ1v) is 8.76. The maximum Gasteiger partial charge on any atom is 0.273 e. The number of nitro groups is 1. The third kappa shape index (κ3) is 3.12. The van der Waals surface area contributed by atoms with Gasteiger partial charge in [-0.1, -0.05) is 0 Å². The van der Waals surface area contributed by atoms with Crippen molar-refractivity contribution in [2.75, 3.05) is 0 Å². The van der Waals surface area contributed by atoms with E-state index in [1.54, 1.807) is 6.92 Å². The van der Waals surface area contributed by atoms with Crippen molar-refractivity contribution in [2.45, 2.75) is 11.8 Å². The number of azo groups is 1. The van der Waals surface area contributed by atoms with E-state index >= 15 is 0 Å². The molecule has 0 aliphatic rings. The van der Waals surface area contributed by atoms with Gasteiger partial charge in [-0.2, -0.15) is 5.11 Å². The molecule has 0 fully saturated rings. The Morgan fingerprint density at radius 3 is 2.38 bits per heavy atom. The number of aryl methyl sites for hydroxylation is 1. The van der Waals surface area contributed by atoms with Crippen LogP contribution in [0.2, 0.25) is 0 Å². The topological polar surface area (TPSA) is 164 Å². The third-order valence-electron chi connectivity index (χ3n) is 3.78. The van der Waals surface area contributed by atoms with Gasteiger partial charge in [0.1, 0.15) is 0 Å². The Bertz CT molecular complexity index is 1150. The number of nitrogens with zero attached hydrogens (tertiary/aromatic N) is 3. The molecule has 0 amide bonds. The molecule has 0 saturated carbocycles. The predicted octanol–water partition coefficient (Wildman–Crippen LogP) is 3.15. The van der Waals surface area contributed by atoms with Gasteiger partial charge < -0.3 is 10.1 Å². The lowest BCUT2D eigenvalue weighted by atomic mass is 10.1. The number of H-pyrrole nitrogens is 1. The van der Waals surface area contributed by atoms with E-state index < -0.39 is 14.9 Å². The van der Waals surface area contributed by atoms with Gasteiger partial charge in [0, 0.05) is 17.0 Å². The fraction of sp³-hybridized carbons (Fsp3) is 0.0667. The lowest BCUT2D eigenvalue weighted by Crippen LogP contribution is -2.11. The van der Waals surface area contributed by atoms with Crippen LogP contribution in [0, 0.1) is 17.0 Å². The van der Waals surface area contributed by atoms with E-state index in [0.717, 1.165) is 0 Å². The molecular formula is C15H13N5O5S. The smallest absolute Gasteiger partial charge is 0.273 e. The van der Waals surface area contributed by atoms with E-state index in [1.807, 2.05) is 0 Å². The van der Waals surface area contributed by atoms with Crippen molar-refractivity contribution < 1.29 is 18.4 Å². The number of hydrogen-bond donors (Lipinski definition) is 3. The quantitative estimate of drug-likeness (QED) is 0.361. The van der Waals surface area contributed by atoms with Crippen LogP contribution >= 0.6 is 0 Å². The van der Waals surface area contributed by atoms with Crippen molar-refractivity contribution in [3.63, 3.8) is 0 Å². The molecule has 134 valence electrons. The Kier molecular flexibility index (Phi) is 4.18. The number of aromatic amines is 1. The van der Waals surface area contributed by atoms with Crippen LogP contribution in [0.4, 0.5) is 17.1 Å². The first-order valence-electron chi connectivity index (χ1n) is 7.21. The summed E-state index contributed by atoms with van der Waals surface area (Å²) in [4.78, 5) is 13.2. The molecule has 3 aromatic rings. The monoisotopic (exact) mass is 375 g/mol. The number of benzene rings is 2. The van der Waals surface area contributed by atoms with Gasteiger partial charge >= 0.3 is 0 Å². The summed E-state index contributed by atoms with van der Waals surface area (Å²) in [6.07, 6.45) is 0. The van der Waals surface area contributed by atoms with Crippen LogP contribution in [-0.4, -0.2) is 23.4 Å². The SMILES string of the molecule is Cc1c([N+](=O)[O-])ccc2[nH]c(O)c(N=Nc3ccc(S(N)(=O)=O)cc3)c12. The van der Waals surface area contributed by atoms with E-state index in [4.69, 9.17) is 5.14 Å². The van der Waals surface area contributed by atoms with Crippen molar-refractivity contribution in [1.29, 1.82) is 0 Å². The second kappa shape index (κ2) is 6.20. The van der Waals surface area contributed by atoms with Gasteiger partial charge in [-0.15, -0.1) is 5.11 Å². The number of hydrogen-bond acceptors (Lipinski definition) is 7. The molecule has 4 N–H and O–H groups in total. The van der Waals surface area contributed by atoms with E-state index in [9.17, 15) is 23.6 Å². The minimum atomic E-state index is -3.81. The van der Waals surface area contributed by atoms with E-state index in [-0.39, 0.29) is 22.2 Å². The first-order chi connectivity index (χ1) is 12.2. The number of nitrogens with one attached hydrogen (secondary N) is 1. The number of fused-ring (bicyclic) bond motifs is 1. The van der Waals surface area contributed by atoms with Crippen molar-refractivity contribution >= 4 is 38.0 Å². The summed E-state index contributed by atoms with van der Waals surface area (Å²) >= 11 is 0. The molecular weight excluding hydrogens is 362 g/mol. The maximum atomic E-state index is 11.2. The molecule has 2 aromatic carbocycles. The number of sulfonamides is 1. The van der Waals surface area contributed by atoms with Gasteiger partial charge in [0.05, 0.1) is 21.0 Å². The summed E-state index contributed by atoms with van der Waals surface area (Å²) in [6.45, 7) is 1.55. The molecule has 0 unspecified atom stereocenters. The highest BCUT2D eigenvalue weighted by Gasteiger charge is 2.20. The predicted molar refractivity (Wildman–Crippen MR) is 93.3 cm³/mol. The fourth-order valence-corrected chi connectivity index (χ4v) is 3.04. The number of aromatic hydroxyl groups is 1. The molecule has 0 atom stereocenters. The average molecular weight is 375 g/mol. The van der Waals surface area contributed by atoms with Crippen LogP contribution in [0.25, 0.3) is 10.9 Å². The molecule has 11 heteroatoms. The van der Waals surface area contributed by atoms with Crippen molar-refractivity contribution in [3.05, 3.63) is 52.1 Å². The summed E-state index contributed by atoms with van der Waals surface area (Å²) in [5.74, 6) is -0.284. The summed E-state index contributed by atoms with van der Waals surface area (Å²) in [6, 6.07) is 8.14. The molecule has 0 aliphatic carbocycles. The second-order valence-electron chi connectivity index (χ2n) is 5.45. The van der Waals surface area contributed by atoms with Crippen molar-refractivity contribution in [1.82, 2.24) is 4.98 Å². The maximum absolute atomic E-state index is 11.2. The van der Waals surface area contributed by atoms with Crippen LogP contribution in [0.1, 0.15) is 5.56 Å². The zero-order chi connectivity index (χ0) is 19.1. The summed E-state index contributed by atoms with van der Waals surface area (Å²) in [5, 5.41) is 34.4. The zero-order valence-electron chi connectivity index (χ0n) is 13.4. The molecule has 0 spiro atoms. The molecule has 26 heavy (non-hydrogen) atoms. The minimum Gasteiger partial charge on any atom is -0.493 e. The summed E-state index contributed by atoms with van der Waals surface area (Å²) < 4.78 is 22.5. The Morgan fingerprint density at radius 2 is 1.81 bits per heavy atom.